The Hall–Kier alpha value is -3.07. The third kappa shape index (κ3) is 5.35. The molecule has 0 spiro atoms. The normalized spacial score (nSPS) is 16.6. The molecule has 3 rings (SSSR count). The maximum Gasteiger partial charge on any atom is 0.258 e. The molecule has 2 unspecified atom stereocenters. The van der Waals surface area contributed by atoms with Crippen molar-refractivity contribution in [3.05, 3.63) is 35.7 Å². The molecule has 2 aromatic rings. The van der Waals surface area contributed by atoms with Gasteiger partial charge in [0.05, 0.1) is 36.8 Å². The van der Waals surface area contributed by atoms with Crippen LogP contribution < -0.4 is 15.0 Å². The van der Waals surface area contributed by atoms with E-state index in [1.807, 2.05) is 27.8 Å². The van der Waals surface area contributed by atoms with Crippen molar-refractivity contribution >= 4 is 17.5 Å². The first-order chi connectivity index (χ1) is 16.1. The number of amides is 2. The molecule has 1 aromatic heterocycles. The number of rotatable bonds is 9. The van der Waals surface area contributed by atoms with E-state index in [4.69, 9.17) is 9.47 Å². The predicted molar refractivity (Wildman–Crippen MR) is 129 cm³/mol. The molecule has 1 aliphatic heterocycles. The van der Waals surface area contributed by atoms with Crippen molar-refractivity contribution in [2.45, 2.75) is 58.6 Å². The Balaban J connectivity index is 1.75. The average Bonchev–Trinajstić information content (AvgIpc) is 3.20. The van der Waals surface area contributed by atoms with E-state index in [1.165, 1.54) is 19.2 Å². The quantitative estimate of drug-likeness (QED) is 0.578. The molecule has 0 saturated heterocycles. The van der Waals surface area contributed by atoms with Crippen LogP contribution in [0.25, 0.3) is 0 Å². The van der Waals surface area contributed by atoms with Crippen molar-refractivity contribution in [3.63, 3.8) is 0 Å². The Morgan fingerprint density at radius 3 is 2.74 bits per heavy atom. The average molecular weight is 473 g/mol. The highest BCUT2D eigenvalue weighted by molar-refractivity contribution is 6.07. The van der Waals surface area contributed by atoms with E-state index >= 15 is 0 Å². The minimum atomic E-state index is -0.526. The number of benzene rings is 1. The molecule has 0 radical (unpaired) electrons. The van der Waals surface area contributed by atoms with Crippen molar-refractivity contribution in [3.8, 4) is 11.5 Å². The first-order valence-electron chi connectivity index (χ1n) is 11.6. The van der Waals surface area contributed by atoms with E-state index < -0.39 is 5.41 Å². The minimum Gasteiger partial charge on any atom is -0.504 e. The molecule has 0 aliphatic carbocycles. The second kappa shape index (κ2) is 10.5. The number of aromatic hydroxyl groups is 1. The van der Waals surface area contributed by atoms with Gasteiger partial charge in [-0.25, -0.2) is 0 Å². The number of nitrogens with zero attached hydrogens (tertiary/aromatic N) is 3. The van der Waals surface area contributed by atoms with Crippen molar-refractivity contribution < 1.29 is 24.2 Å². The highest BCUT2D eigenvalue weighted by Gasteiger charge is 2.36. The van der Waals surface area contributed by atoms with Crippen LogP contribution in [0.2, 0.25) is 0 Å². The monoisotopic (exact) mass is 472 g/mol. The smallest absolute Gasteiger partial charge is 0.258 e. The fourth-order valence-corrected chi connectivity index (χ4v) is 4.30. The van der Waals surface area contributed by atoms with Crippen molar-refractivity contribution in [1.29, 1.82) is 0 Å². The van der Waals surface area contributed by atoms with Crippen LogP contribution in [0.15, 0.2) is 24.4 Å². The summed E-state index contributed by atoms with van der Waals surface area (Å²) < 4.78 is 12.2. The number of fused-ring (bicyclic) bond motifs is 1. The Bertz CT molecular complexity index is 1030. The minimum absolute atomic E-state index is 0.0160. The van der Waals surface area contributed by atoms with Crippen LogP contribution in [0.3, 0.4) is 0 Å². The number of nitrogens with one attached hydrogen (secondary N) is 1. The number of aromatic nitrogens is 2. The highest BCUT2D eigenvalue weighted by Crippen LogP contribution is 2.36. The molecule has 2 amide bonds. The van der Waals surface area contributed by atoms with Gasteiger partial charge in [-0.2, -0.15) is 5.10 Å². The van der Waals surface area contributed by atoms with Gasteiger partial charge in [0.2, 0.25) is 5.91 Å². The number of aryl methyl sites for hydroxylation is 1. The predicted octanol–water partition coefficient (Wildman–Crippen LogP) is 3.57. The molecule has 9 heteroatoms. The summed E-state index contributed by atoms with van der Waals surface area (Å²) in [7, 11) is 4.95. The van der Waals surface area contributed by atoms with E-state index in [9.17, 15) is 14.7 Å². The number of hydrogen-bond acceptors (Lipinski definition) is 6. The number of anilines is 1. The van der Waals surface area contributed by atoms with Crippen LogP contribution in [-0.4, -0.2) is 53.6 Å². The molecule has 1 aliphatic rings. The summed E-state index contributed by atoms with van der Waals surface area (Å²) >= 11 is 0. The summed E-state index contributed by atoms with van der Waals surface area (Å²) in [5.41, 5.74) is 1.34. The van der Waals surface area contributed by atoms with Gasteiger partial charge < -0.3 is 24.8 Å². The molecular formula is C25H36N4O5. The lowest BCUT2D eigenvalue weighted by Gasteiger charge is -2.34. The van der Waals surface area contributed by atoms with Crippen LogP contribution in [0.4, 0.5) is 5.69 Å². The second-order valence-electron chi connectivity index (χ2n) is 9.52. The first kappa shape index (κ1) is 25.6. The van der Waals surface area contributed by atoms with E-state index in [1.54, 1.807) is 29.0 Å². The molecule has 2 N–H and O–H groups in total. The summed E-state index contributed by atoms with van der Waals surface area (Å²) in [4.78, 5) is 28.1. The van der Waals surface area contributed by atoms with Crippen molar-refractivity contribution in [2.75, 3.05) is 25.7 Å². The van der Waals surface area contributed by atoms with Crippen LogP contribution >= 0.6 is 0 Å². The molecule has 0 saturated carbocycles. The van der Waals surface area contributed by atoms with E-state index in [2.05, 4.69) is 10.4 Å². The lowest BCUT2D eigenvalue weighted by molar-refractivity contribution is -0.130. The summed E-state index contributed by atoms with van der Waals surface area (Å²) in [6.07, 6.45) is 4.95. The third-order valence-electron chi connectivity index (χ3n) is 6.63. The van der Waals surface area contributed by atoms with Crippen LogP contribution in [0, 0.1) is 5.41 Å². The summed E-state index contributed by atoms with van der Waals surface area (Å²) in [5.74, 6) is -0.0222. The molecule has 0 fully saturated rings. The van der Waals surface area contributed by atoms with Gasteiger partial charge in [-0.05, 0) is 50.8 Å². The number of phenols is 1. The van der Waals surface area contributed by atoms with E-state index in [0.717, 1.165) is 25.0 Å². The fourth-order valence-electron chi connectivity index (χ4n) is 4.30. The molecule has 1 aromatic carbocycles. The number of methoxy groups -OCH3 is 2. The van der Waals surface area contributed by atoms with Crippen LogP contribution in [0.5, 0.6) is 11.5 Å². The van der Waals surface area contributed by atoms with Crippen LogP contribution in [0.1, 0.15) is 68.5 Å². The number of hydrogen-bond donors (Lipinski definition) is 2. The molecule has 34 heavy (non-hydrogen) atoms. The summed E-state index contributed by atoms with van der Waals surface area (Å²) in [5, 5.41) is 17.4. The van der Waals surface area contributed by atoms with Crippen molar-refractivity contribution in [2.24, 2.45) is 12.5 Å². The molecule has 2 heterocycles. The zero-order chi connectivity index (χ0) is 25.0. The number of carbonyl (C=O) groups is 2. The largest absolute Gasteiger partial charge is 0.504 e. The van der Waals surface area contributed by atoms with E-state index in [0.29, 0.717) is 24.2 Å². The van der Waals surface area contributed by atoms with Gasteiger partial charge in [0.15, 0.2) is 11.5 Å². The van der Waals surface area contributed by atoms with Gasteiger partial charge in [-0.3, -0.25) is 14.3 Å². The maximum atomic E-state index is 13.3. The zero-order valence-corrected chi connectivity index (χ0v) is 20.9. The van der Waals surface area contributed by atoms with Gasteiger partial charge in [0.1, 0.15) is 0 Å². The topological polar surface area (TPSA) is 106 Å². The molecule has 9 nitrogen and oxygen atoms in total. The highest BCUT2D eigenvalue weighted by atomic mass is 16.5. The zero-order valence-electron chi connectivity index (χ0n) is 20.9. The van der Waals surface area contributed by atoms with Crippen LogP contribution in [-0.2, 0) is 16.6 Å². The molecular weight excluding hydrogens is 436 g/mol. The van der Waals surface area contributed by atoms with Gasteiger partial charge >= 0.3 is 0 Å². The second-order valence-corrected chi connectivity index (χ2v) is 9.52. The number of ether oxygens (including phenoxy) is 2. The van der Waals surface area contributed by atoms with Gasteiger partial charge in [0.25, 0.3) is 5.91 Å². The lowest BCUT2D eigenvalue weighted by Crippen LogP contribution is -2.44. The van der Waals surface area contributed by atoms with E-state index in [-0.39, 0.29) is 35.5 Å². The molecule has 186 valence electrons. The lowest BCUT2D eigenvalue weighted by atomic mass is 9.85. The molecule has 0 bridgehead atoms. The maximum absolute atomic E-state index is 13.3. The Kier molecular flexibility index (Phi) is 7.86. The standard InChI is InChI=1S/C25H36N4O5/c1-16(33-5)8-7-12-25(2,3)24(32)27-18-11-13-29(19-15-26-28(4)22(18)19)23(31)17-9-10-20(30)21(14-17)34-6/h9-10,14-16,18,30H,7-8,11-13H2,1-6H3,(H,27,32). The summed E-state index contributed by atoms with van der Waals surface area (Å²) in [6, 6.07) is 4.29. The summed E-state index contributed by atoms with van der Waals surface area (Å²) in [6.45, 7) is 6.37. The van der Waals surface area contributed by atoms with Crippen molar-refractivity contribution in [1.82, 2.24) is 15.1 Å². The fraction of sp³-hybridized carbons (Fsp3) is 0.560. The Morgan fingerprint density at radius 1 is 1.32 bits per heavy atom. The first-order valence-corrected chi connectivity index (χ1v) is 11.6. The third-order valence-corrected chi connectivity index (χ3v) is 6.63. The Labute approximate surface area is 201 Å². The van der Waals surface area contributed by atoms with Gasteiger partial charge in [-0.1, -0.05) is 13.8 Å². The number of phenolic OH excluding ortho intramolecular Hbond substituents is 1. The van der Waals surface area contributed by atoms with Gasteiger partial charge in [0, 0.05) is 31.7 Å². The Morgan fingerprint density at radius 2 is 2.06 bits per heavy atom. The number of carbonyl (C=O) groups excluding carboxylic acids is 2. The SMILES string of the molecule is COc1cc(C(=O)N2CCC(NC(=O)C(C)(C)CCCC(C)OC)c3c2cnn3C)ccc1O. The molecule has 2 atom stereocenters. The van der Waals surface area contributed by atoms with Gasteiger partial charge in [-0.15, -0.1) is 0 Å².